The van der Waals surface area contributed by atoms with Gasteiger partial charge < -0.3 is 9.47 Å². The van der Waals surface area contributed by atoms with Crippen molar-refractivity contribution in [1.29, 1.82) is 0 Å². The third kappa shape index (κ3) is 3.61. The summed E-state index contributed by atoms with van der Waals surface area (Å²) >= 11 is 12.1. The first-order chi connectivity index (χ1) is 11.6. The number of hydrogen-bond acceptors (Lipinski definition) is 4. The lowest BCUT2D eigenvalue weighted by molar-refractivity contribution is -0.129. The minimum atomic E-state index is -0.532. The van der Waals surface area contributed by atoms with E-state index in [2.05, 4.69) is 4.99 Å². The summed E-state index contributed by atoms with van der Waals surface area (Å²) in [6.45, 7) is 2.52. The van der Waals surface area contributed by atoms with E-state index >= 15 is 0 Å². The van der Waals surface area contributed by atoms with Crippen molar-refractivity contribution in [2.75, 3.05) is 6.61 Å². The summed E-state index contributed by atoms with van der Waals surface area (Å²) in [4.78, 5) is 16.2. The fourth-order valence-corrected chi connectivity index (χ4v) is 2.54. The number of carbonyl (C=O) groups is 1. The Labute approximate surface area is 149 Å². The predicted molar refractivity (Wildman–Crippen MR) is 94.7 cm³/mol. The molecule has 2 aromatic rings. The molecule has 0 aromatic heterocycles. The van der Waals surface area contributed by atoms with Crippen molar-refractivity contribution in [3.63, 3.8) is 0 Å². The Hall–Kier alpha value is -2.30. The van der Waals surface area contributed by atoms with Gasteiger partial charge in [0.25, 0.3) is 0 Å². The van der Waals surface area contributed by atoms with Crippen LogP contribution in [0.4, 0.5) is 0 Å². The normalized spacial score (nSPS) is 15.4. The summed E-state index contributed by atoms with van der Waals surface area (Å²) in [6.07, 6.45) is 1.64. The molecule has 6 heteroatoms. The molecule has 122 valence electrons. The molecule has 0 fully saturated rings. The van der Waals surface area contributed by atoms with Gasteiger partial charge in [0.05, 0.1) is 17.2 Å². The molecule has 1 aliphatic heterocycles. The first-order valence-corrected chi connectivity index (χ1v) is 8.03. The van der Waals surface area contributed by atoms with E-state index in [9.17, 15) is 4.79 Å². The van der Waals surface area contributed by atoms with Crippen LogP contribution >= 0.6 is 23.2 Å². The molecule has 0 saturated heterocycles. The van der Waals surface area contributed by atoms with Gasteiger partial charge in [-0.25, -0.2) is 9.79 Å². The summed E-state index contributed by atoms with van der Waals surface area (Å²) in [5.41, 5.74) is 1.49. The molecule has 1 aliphatic rings. The third-order valence-electron chi connectivity index (χ3n) is 3.27. The van der Waals surface area contributed by atoms with E-state index < -0.39 is 5.97 Å². The van der Waals surface area contributed by atoms with Crippen LogP contribution in [0.5, 0.6) is 5.75 Å². The zero-order chi connectivity index (χ0) is 17.1. The molecule has 3 rings (SSSR count). The van der Waals surface area contributed by atoms with Crippen LogP contribution < -0.4 is 4.74 Å². The van der Waals surface area contributed by atoms with Gasteiger partial charge >= 0.3 is 5.97 Å². The lowest BCUT2D eigenvalue weighted by Gasteiger charge is -2.02. The first-order valence-electron chi connectivity index (χ1n) is 7.27. The molecule has 0 aliphatic carbocycles. The second-order valence-electron chi connectivity index (χ2n) is 4.96. The molecule has 24 heavy (non-hydrogen) atoms. The molecule has 0 spiro atoms. The van der Waals surface area contributed by atoms with Gasteiger partial charge in [0.15, 0.2) is 5.70 Å². The van der Waals surface area contributed by atoms with Crippen molar-refractivity contribution >= 4 is 41.1 Å². The van der Waals surface area contributed by atoms with Gasteiger partial charge in [-0.15, -0.1) is 0 Å². The number of ether oxygens (including phenoxy) is 2. The number of cyclic esters (lactones) is 1. The quantitative estimate of drug-likeness (QED) is 0.583. The third-order valence-corrected chi connectivity index (χ3v) is 3.84. The molecular weight excluding hydrogens is 349 g/mol. The molecule has 2 aromatic carbocycles. The Balaban J connectivity index is 1.89. The number of nitrogens with zero attached hydrogens (tertiary/aromatic N) is 1. The summed E-state index contributed by atoms with van der Waals surface area (Å²) in [5.74, 6) is 0.378. The van der Waals surface area contributed by atoms with Gasteiger partial charge in [-0.1, -0.05) is 35.3 Å². The zero-order valence-corrected chi connectivity index (χ0v) is 14.3. The van der Waals surface area contributed by atoms with Crippen LogP contribution in [0, 0.1) is 0 Å². The van der Waals surface area contributed by atoms with Gasteiger partial charge in [0, 0.05) is 5.02 Å². The highest BCUT2D eigenvalue weighted by Crippen LogP contribution is 2.26. The Morgan fingerprint density at radius 2 is 1.92 bits per heavy atom. The molecule has 4 nitrogen and oxygen atoms in total. The van der Waals surface area contributed by atoms with E-state index in [0.717, 1.165) is 11.3 Å². The van der Waals surface area contributed by atoms with E-state index in [1.54, 1.807) is 24.3 Å². The van der Waals surface area contributed by atoms with E-state index in [1.165, 1.54) is 0 Å². The molecule has 1 heterocycles. The highest BCUT2D eigenvalue weighted by molar-refractivity contribution is 6.36. The molecule has 0 atom stereocenters. The van der Waals surface area contributed by atoms with Gasteiger partial charge in [-0.3, -0.25) is 0 Å². The van der Waals surface area contributed by atoms with Crippen molar-refractivity contribution in [2.45, 2.75) is 6.92 Å². The number of carbonyl (C=O) groups excluding carboxylic acids is 1. The highest BCUT2D eigenvalue weighted by atomic mass is 35.5. The summed E-state index contributed by atoms with van der Waals surface area (Å²) < 4.78 is 10.6. The second-order valence-corrected chi connectivity index (χ2v) is 5.81. The van der Waals surface area contributed by atoms with Crippen LogP contribution in [0.15, 0.2) is 53.2 Å². The highest BCUT2D eigenvalue weighted by Gasteiger charge is 2.25. The Morgan fingerprint density at radius 3 is 2.62 bits per heavy atom. The minimum absolute atomic E-state index is 0.143. The van der Waals surface area contributed by atoms with Crippen LogP contribution in [-0.2, 0) is 9.53 Å². The summed E-state index contributed by atoms with van der Waals surface area (Å²) in [7, 11) is 0. The van der Waals surface area contributed by atoms with Crippen molar-refractivity contribution in [1.82, 2.24) is 0 Å². The van der Waals surface area contributed by atoms with Gasteiger partial charge in [0.2, 0.25) is 5.90 Å². The van der Waals surface area contributed by atoms with E-state index in [0.29, 0.717) is 22.2 Å². The second kappa shape index (κ2) is 7.07. The smallest absolute Gasteiger partial charge is 0.363 e. The molecule has 0 radical (unpaired) electrons. The largest absolute Gasteiger partial charge is 0.494 e. The SMILES string of the molecule is CCOc1ccc(C=C2N=C(c3cc(Cl)ccc3Cl)OC2=O)cc1. The van der Waals surface area contributed by atoms with Crippen molar-refractivity contribution in [3.8, 4) is 5.75 Å². The number of aliphatic imine (C=N–C) groups is 1. The average molecular weight is 362 g/mol. The van der Waals surface area contributed by atoms with Crippen molar-refractivity contribution in [3.05, 3.63) is 69.3 Å². The molecule has 0 amide bonds. The lowest BCUT2D eigenvalue weighted by atomic mass is 10.2. The maximum atomic E-state index is 12.0. The van der Waals surface area contributed by atoms with Crippen LogP contribution in [-0.4, -0.2) is 18.5 Å². The maximum Gasteiger partial charge on any atom is 0.363 e. The Bertz CT molecular complexity index is 842. The fraction of sp³-hybridized carbons (Fsp3) is 0.111. The fourth-order valence-electron chi connectivity index (χ4n) is 2.17. The van der Waals surface area contributed by atoms with E-state index in [-0.39, 0.29) is 11.6 Å². The number of benzene rings is 2. The van der Waals surface area contributed by atoms with E-state index in [4.69, 9.17) is 32.7 Å². The van der Waals surface area contributed by atoms with Crippen LogP contribution in [0.1, 0.15) is 18.1 Å². The average Bonchev–Trinajstić information content (AvgIpc) is 2.92. The van der Waals surface area contributed by atoms with Gasteiger partial charge in [0.1, 0.15) is 5.75 Å². The Kier molecular flexibility index (Phi) is 4.88. The standard InChI is InChI=1S/C18H13Cl2NO3/c1-2-23-13-6-3-11(4-7-13)9-16-18(22)24-17(21-16)14-10-12(19)5-8-15(14)20/h3-10H,2H2,1H3. The van der Waals surface area contributed by atoms with Gasteiger partial charge in [-0.05, 0) is 48.9 Å². The number of esters is 1. The molecule has 0 bridgehead atoms. The lowest BCUT2D eigenvalue weighted by Crippen LogP contribution is -2.06. The molecule has 0 N–H and O–H groups in total. The Morgan fingerprint density at radius 1 is 1.17 bits per heavy atom. The minimum Gasteiger partial charge on any atom is -0.494 e. The van der Waals surface area contributed by atoms with Gasteiger partial charge in [-0.2, -0.15) is 0 Å². The molecule has 0 unspecified atom stereocenters. The van der Waals surface area contributed by atoms with Crippen LogP contribution in [0.3, 0.4) is 0 Å². The summed E-state index contributed by atoms with van der Waals surface area (Å²) in [5, 5.41) is 0.894. The predicted octanol–water partition coefficient (Wildman–Crippen LogP) is 4.74. The zero-order valence-electron chi connectivity index (χ0n) is 12.8. The van der Waals surface area contributed by atoms with Crippen molar-refractivity contribution < 1.29 is 14.3 Å². The monoisotopic (exact) mass is 361 g/mol. The molecular formula is C18H13Cl2NO3. The summed E-state index contributed by atoms with van der Waals surface area (Å²) in [6, 6.07) is 12.2. The molecule has 0 saturated carbocycles. The first kappa shape index (κ1) is 16.6. The maximum absolute atomic E-state index is 12.0. The number of halogens is 2. The van der Waals surface area contributed by atoms with E-state index in [1.807, 2.05) is 31.2 Å². The van der Waals surface area contributed by atoms with Crippen molar-refractivity contribution in [2.24, 2.45) is 4.99 Å². The number of rotatable bonds is 4. The van der Waals surface area contributed by atoms with Crippen LogP contribution in [0.2, 0.25) is 10.0 Å². The topological polar surface area (TPSA) is 47.9 Å². The van der Waals surface area contributed by atoms with Crippen LogP contribution in [0.25, 0.3) is 6.08 Å². The number of hydrogen-bond donors (Lipinski definition) is 0.